The summed E-state index contributed by atoms with van der Waals surface area (Å²) in [4.78, 5) is 13.7. The predicted octanol–water partition coefficient (Wildman–Crippen LogP) is 3.56. The van der Waals surface area contributed by atoms with Crippen molar-refractivity contribution in [1.29, 1.82) is 0 Å². The van der Waals surface area contributed by atoms with Gasteiger partial charge < -0.3 is 4.90 Å². The van der Waals surface area contributed by atoms with Gasteiger partial charge in [0.05, 0.1) is 11.1 Å². The summed E-state index contributed by atoms with van der Waals surface area (Å²) in [5.41, 5.74) is -1.12. The molecule has 1 aromatic rings. The van der Waals surface area contributed by atoms with Crippen LogP contribution in [0.5, 0.6) is 0 Å². The molecule has 1 aliphatic heterocycles. The molecule has 1 unspecified atom stereocenters. The fourth-order valence-electron chi connectivity index (χ4n) is 2.23. The van der Waals surface area contributed by atoms with Crippen LogP contribution in [0.1, 0.15) is 22.3 Å². The lowest BCUT2D eigenvalue weighted by molar-refractivity contribution is -0.138. The number of carbonyl (C=O) groups is 1. The third-order valence-corrected chi connectivity index (χ3v) is 4.17. The van der Waals surface area contributed by atoms with Crippen LogP contribution in [0.25, 0.3) is 0 Å². The normalized spacial score (nSPS) is 19.8. The average Bonchev–Trinajstić information content (AvgIpc) is 2.85. The molecule has 1 heterocycles. The SMILES string of the molecule is O=C(c1ccccc1C(F)(F)F)N1CCC(CBr)C1. The summed E-state index contributed by atoms with van der Waals surface area (Å²) in [5.74, 6) is -0.210. The molecule has 0 bridgehead atoms. The first kappa shape index (κ1) is 14.4. The molecule has 0 aromatic heterocycles. The molecule has 1 amide bonds. The van der Waals surface area contributed by atoms with Crippen LogP contribution in [0.4, 0.5) is 13.2 Å². The molecule has 1 fully saturated rings. The molecular weight excluding hydrogens is 323 g/mol. The highest BCUT2D eigenvalue weighted by atomic mass is 79.9. The van der Waals surface area contributed by atoms with Gasteiger partial charge in [-0.2, -0.15) is 13.2 Å². The van der Waals surface area contributed by atoms with Gasteiger partial charge in [-0.1, -0.05) is 28.1 Å². The molecule has 0 N–H and O–H groups in total. The Morgan fingerprint density at radius 1 is 1.37 bits per heavy atom. The van der Waals surface area contributed by atoms with Crippen molar-refractivity contribution in [2.75, 3.05) is 18.4 Å². The van der Waals surface area contributed by atoms with E-state index in [9.17, 15) is 18.0 Å². The number of rotatable bonds is 2. The highest BCUT2D eigenvalue weighted by Crippen LogP contribution is 2.33. The lowest BCUT2D eigenvalue weighted by Crippen LogP contribution is -2.30. The van der Waals surface area contributed by atoms with Crippen LogP contribution in [0, 0.1) is 5.92 Å². The largest absolute Gasteiger partial charge is 0.417 e. The molecule has 2 nitrogen and oxygen atoms in total. The molecule has 2 rings (SSSR count). The minimum Gasteiger partial charge on any atom is -0.338 e. The quantitative estimate of drug-likeness (QED) is 0.757. The minimum atomic E-state index is -4.50. The van der Waals surface area contributed by atoms with Crippen molar-refractivity contribution in [3.8, 4) is 0 Å². The molecule has 1 atom stereocenters. The molecule has 19 heavy (non-hydrogen) atoms. The van der Waals surface area contributed by atoms with Gasteiger partial charge in [-0.05, 0) is 24.5 Å². The van der Waals surface area contributed by atoms with E-state index in [0.29, 0.717) is 19.0 Å². The zero-order valence-corrected chi connectivity index (χ0v) is 11.7. The van der Waals surface area contributed by atoms with Gasteiger partial charge in [0.15, 0.2) is 0 Å². The lowest BCUT2D eigenvalue weighted by atomic mass is 10.1. The molecule has 1 aromatic carbocycles. The maximum atomic E-state index is 12.9. The van der Waals surface area contributed by atoms with Crippen LogP contribution in [0.15, 0.2) is 24.3 Å². The molecule has 6 heteroatoms. The van der Waals surface area contributed by atoms with E-state index in [1.165, 1.54) is 23.1 Å². The summed E-state index contributed by atoms with van der Waals surface area (Å²) in [6, 6.07) is 4.95. The van der Waals surface area contributed by atoms with Gasteiger partial charge in [0.25, 0.3) is 5.91 Å². The summed E-state index contributed by atoms with van der Waals surface area (Å²) >= 11 is 3.34. The summed E-state index contributed by atoms with van der Waals surface area (Å²) in [5, 5.41) is 0.762. The van der Waals surface area contributed by atoms with Crippen molar-refractivity contribution < 1.29 is 18.0 Å². The first-order valence-electron chi connectivity index (χ1n) is 5.95. The topological polar surface area (TPSA) is 20.3 Å². The number of carbonyl (C=O) groups excluding carboxylic acids is 1. The molecule has 0 radical (unpaired) electrons. The zero-order chi connectivity index (χ0) is 14.0. The van der Waals surface area contributed by atoms with E-state index >= 15 is 0 Å². The van der Waals surface area contributed by atoms with E-state index in [4.69, 9.17) is 0 Å². The van der Waals surface area contributed by atoms with Crippen LogP contribution in [0.2, 0.25) is 0 Å². The highest BCUT2D eigenvalue weighted by molar-refractivity contribution is 9.09. The molecular formula is C13H13BrF3NO. The Bertz CT molecular complexity index is 475. The van der Waals surface area contributed by atoms with E-state index in [0.717, 1.165) is 17.8 Å². The number of hydrogen-bond acceptors (Lipinski definition) is 1. The van der Waals surface area contributed by atoms with Crippen LogP contribution in [-0.2, 0) is 6.18 Å². The smallest absolute Gasteiger partial charge is 0.338 e. The Hall–Kier alpha value is -1.04. The van der Waals surface area contributed by atoms with Crippen LogP contribution < -0.4 is 0 Å². The first-order valence-corrected chi connectivity index (χ1v) is 7.07. The minimum absolute atomic E-state index is 0.259. The van der Waals surface area contributed by atoms with Crippen molar-refractivity contribution in [3.63, 3.8) is 0 Å². The number of halogens is 4. The molecule has 1 aliphatic rings. The molecule has 1 saturated heterocycles. The van der Waals surface area contributed by atoms with E-state index in [2.05, 4.69) is 15.9 Å². The first-order chi connectivity index (χ1) is 8.93. The Balaban J connectivity index is 2.25. The van der Waals surface area contributed by atoms with Crippen molar-refractivity contribution >= 4 is 21.8 Å². The summed E-state index contributed by atoms with van der Waals surface area (Å²) in [6.07, 6.45) is -3.67. The number of benzene rings is 1. The van der Waals surface area contributed by atoms with Gasteiger partial charge in [0.2, 0.25) is 0 Å². The summed E-state index contributed by atoms with van der Waals surface area (Å²) in [7, 11) is 0. The third kappa shape index (κ3) is 3.11. The second kappa shape index (κ2) is 5.53. The number of amides is 1. The van der Waals surface area contributed by atoms with Gasteiger partial charge in [-0.3, -0.25) is 4.79 Å². The number of likely N-dealkylation sites (tertiary alicyclic amines) is 1. The zero-order valence-electron chi connectivity index (χ0n) is 10.1. The number of hydrogen-bond donors (Lipinski definition) is 0. The Kier molecular flexibility index (Phi) is 4.18. The second-order valence-corrected chi connectivity index (χ2v) is 5.25. The van der Waals surface area contributed by atoms with Gasteiger partial charge in [-0.15, -0.1) is 0 Å². The fraction of sp³-hybridized carbons (Fsp3) is 0.462. The maximum Gasteiger partial charge on any atom is 0.417 e. The molecule has 0 spiro atoms. The predicted molar refractivity (Wildman–Crippen MR) is 69.2 cm³/mol. The molecule has 104 valence electrons. The monoisotopic (exact) mass is 335 g/mol. The Morgan fingerprint density at radius 2 is 2.05 bits per heavy atom. The van der Waals surface area contributed by atoms with Crippen molar-refractivity contribution in [3.05, 3.63) is 35.4 Å². The van der Waals surface area contributed by atoms with Crippen LogP contribution in [0.3, 0.4) is 0 Å². The maximum absolute atomic E-state index is 12.9. The molecule has 0 aliphatic carbocycles. The summed E-state index contributed by atoms with van der Waals surface area (Å²) < 4.78 is 38.6. The Labute approximate surface area is 117 Å². The van der Waals surface area contributed by atoms with Gasteiger partial charge >= 0.3 is 6.18 Å². The summed E-state index contributed by atoms with van der Waals surface area (Å²) in [6.45, 7) is 1.03. The van der Waals surface area contributed by atoms with Gasteiger partial charge in [-0.25, -0.2) is 0 Å². The third-order valence-electron chi connectivity index (χ3n) is 3.25. The Morgan fingerprint density at radius 3 is 2.63 bits per heavy atom. The number of alkyl halides is 4. The molecule has 0 saturated carbocycles. The number of nitrogens with zero attached hydrogens (tertiary/aromatic N) is 1. The fourth-order valence-corrected chi connectivity index (χ4v) is 2.76. The van der Waals surface area contributed by atoms with E-state index < -0.39 is 17.6 Å². The van der Waals surface area contributed by atoms with Gasteiger partial charge in [0, 0.05) is 18.4 Å². The van der Waals surface area contributed by atoms with Crippen molar-refractivity contribution in [2.45, 2.75) is 12.6 Å². The lowest BCUT2D eigenvalue weighted by Gasteiger charge is -2.19. The van der Waals surface area contributed by atoms with Crippen molar-refractivity contribution in [2.24, 2.45) is 5.92 Å². The van der Waals surface area contributed by atoms with E-state index in [1.54, 1.807) is 0 Å². The standard InChI is InChI=1S/C13H13BrF3NO/c14-7-9-5-6-18(8-9)12(19)10-3-1-2-4-11(10)13(15,16)17/h1-4,9H,5-8H2. The average molecular weight is 336 g/mol. The van der Waals surface area contributed by atoms with Crippen LogP contribution >= 0.6 is 15.9 Å². The second-order valence-electron chi connectivity index (χ2n) is 4.60. The van der Waals surface area contributed by atoms with E-state index in [1.807, 2.05) is 0 Å². The van der Waals surface area contributed by atoms with E-state index in [-0.39, 0.29) is 5.56 Å². The van der Waals surface area contributed by atoms with Crippen molar-refractivity contribution in [1.82, 2.24) is 4.90 Å². The van der Waals surface area contributed by atoms with Gasteiger partial charge in [0.1, 0.15) is 0 Å². The van der Waals surface area contributed by atoms with Crippen LogP contribution in [-0.4, -0.2) is 29.2 Å². The highest BCUT2D eigenvalue weighted by Gasteiger charge is 2.37.